The second-order valence-electron chi connectivity index (χ2n) is 11.8. The number of halogens is 1. The Kier molecular flexibility index (Phi) is 10.3. The lowest BCUT2D eigenvalue weighted by Gasteiger charge is -2.33. The number of rotatable bonds is 10. The van der Waals surface area contributed by atoms with Crippen molar-refractivity contribution in [2.45, 2.75) is 83.6 Å². The smallest absolute Gasteiger partial charge is 0.407 e. The summed E-state index contributed by atoms with van der Waals surface area (Å²) in [6, 6.07) is 13.3. The molecule has 2 aromatic heterocycles. The number of aliphatic hydroxyl groups is 1. The molecule has 4 rings (SSSR count). The van der Waals surface area contributed by atoms with Crippen molar-refractivity contribution >= 4 is 29.2 Å². The van der Waals surface area contributed by atoms with Gasteiger partial charge in [0, 0.05) is 36.9 Å². The molecule has 1 saturated heterocycles. The van der Waals surface area contributed by atoms with E-state index >= 15 is 0 Å². The number of aliphatic hydroxyl groups excluding tert-OH is 1. The zero-order valence-corrected chi connectivity index (χ0v) is 25.2. The standard InChI is InChI=1S/C31H42ClN5O4/c1-5-8-22(21-12-14-23(32)15-13-21)18-33-29(39)26-10-6-11-27-34-25(20-37(26)27)17-28(38)36-16-7-9-24(19-36)35-30(40)41-31(2,3)4/h6,10-15,20,22,24,29,33,39H,5,7-9,16-19H2,1-4H3,(H,35,40)/t22?,24-,29?/m1/s1. The highest BCUT2D eigenvalue weighted by molar-refractivity contribution is 6.30. The summed E-state index contributed by atoms with van der Waals surface area (Å²) in [6.45, 7) is 9.29. The minimum absolute atomic E-state index is 0.0466. The lowest BCUT2D eigenvalue weighted by Crippen LogP contribution is -2.50. The molecule has 41 heavy (non-hydrogen) atoms. The van der Waals surface area contributed by atoms with Crippen LogP contribution in [0.2, 0.25) is 5.02 Å². The van der Waals surface area contributed by atoms with Crippen LogP contribution in [0.3, 0.4) is 0 Å². The predicted octanol–water partition coefficient (Wildman–Crippen LogP) is 5.21. The number of alkyl carbamates (subject to hydrolysis) is 1. The van der Waals surface area contributed by atoms with Gasteiger partial charge in [0.1, 0.15) is 17.5 Å². The number of hydrogen-bond acceptors (Lipinski definition) is 6. The molecule has 222 valence electrons. The Morgan fingerprint density at radius 1 is 1.20 bits per heavy atom. The first kappa shape index (κ1) is 30.8. The van der Waals surface area contributed by atoms with E-state index in [0.29, 0.717) is 41.7 Å². The summed E-state index contributed by atoms with van der Waals surface area (Å²) >= 11 is 6.07. The molecule has 2 amide bonds. The van der Waals surface area contributed by atoms with Crippen LogP contribution in [-0.2, 0) is 16.0 Å². The number of piperidine rings is 1. The number of nitrogens with zero attached hydrogens (tertiary/aromatic N) is 3. The average molecular weight is 584 g/mol. The maximum atomic E-state index is 13.2. The molecule has 0 radical (unpaired) electrons. The fourth-order valence-corrected chi connectivity index (χ4v) is 5.41. The van der Waals surface area contributed by atoms with E-state index in [-0.39, 0.29) is 24.3 Å². The van der Waals surface area contributed by atoms with Crippen molar-refractivity contribution in [1.82, 2.24) is 24.9 Å². The van der Waals surface area contributed by atoms with Crippen LogP contribution < -0.4 is 10.6 Å². The maximum Gasteiger partial charge on any atom is 0.407 e. The minimum Gasteiger partial charge on any atom is -0.444 e. The van der Waals surface area contributed by atoms with Crippen molar-refractivity contribution in [3.63, 3.8) is 0 Å². The van der Waals surface area contributed by atoms with E-state index in [0.717, 1.165) is 25.7 Å². The van der Waals surface area contributed by atoms with Crippen LogP contribution in [0.5, 0.6) is 0 Å². The topological polar surface area (TPSA) is 108 Å². The first-order valence-electron chi connectivity index (χ1n) is 14.4. The number of fused-ring (bicyclic) bond motifs is 1. The molecule has 0 spiro atoms. The van der Waals surface area contributed by atoms with Crippen molar-refractivity contribution < 1.29 is 19.4 Å². The summed E-state index contributed by atoms with van der Waals surface area (Å²) in [4.78, 5) is 31.8. The fraction of sp³-hybridized carbons (Fsp3) is 0.516. The highest BCUT2D eigenvalue weighted by atomic mass is 35.5. The van der Waals surface area contributed by atoms with Crippen LogP contribution in [0.25, 0.3) is 5.65 Å². The third-order valence-electron chi connectivity index (χ3n) is 7.22. The highest BCUT2D eigenvalue weighted by Gasteiger charge is 2.27. The van der Waals surface area contributed by atoms with Crippen molar-refractivity contribution in [2.75, 3.05) is 19.6 Å². The number of carbonyl (C=O) groups excluding carboxylic acids is 2. The SMILES string of the molecule is CCCC(CNC(O)c1cccc2nc(CC(=O)N3CCC[C@@H](NC(=O)OC(C)(C)C)C3)cn12)c1ccc(Cl)cc1. The number of carbonyl (C=O) groups is 2. The number of pyridine rings is 1. The fourth-order valence-electron chi connectivity index (χ4n) is 5.28. The number of ether oxygens (including phenoxy) is 1. The highest BCUT2D eigenvalue weighted by Crippen LogP contribution is 2.24. The van der Waals surface area contributed by atoms with Gasteiger partial charge in [-0.05, 0) is 75.8 Å². The summed E-state index contributed by atoms with van der Waals surface area (Å²) in [5, 5.41) is 18.0. The molecular formula is C31H42ClN5O4. The lowest BCUT2D eigenvalue weighted by molar-refractivity contribution is -0.131. The van der Waals surface area contributed by atoms with Gasteiger partial charge in [-0.1, -0.05) is 43.1 Å². The predicted molar refractivity (Wildman–Crippen MR) is 160 cm³/mol. The van der Waals surface area contributed by atoms with E-state index in [9.17, 15) is 14.7 Å². The molecule has 3 aromatic rings. The molecule has 9 nitrogen and oxygen atoms in total. The van der Waals surface area contributed by atoms with Gasteiger partial charge < -0.3 is 20.1 Å². The van der Waals surface area contributed by atoms with Crippen molar-refractivity contribution in [1.29, 1.82) is 0 Å². The molecule has 0 saturated carbocycles. The Labute approximate surface area is 247 Å². The molecule has 1 aliphatic rings. The number of imidazole rings is 1. The quantitative estimate of drug-likeness (QED) is 0.283. The molecule has 1 fully saturated rings. The van der Waals surface area contributed by atoms with Crippen molar-refractivity contribution in [3.8, 4) is 0 Å². The molecule has 0 bridgehead atoms. The van der Waals surface area contributed by atoms with Crippen LogP contribution >= 0.6 is 11.6 Å². The minimum atomic E-state index is -0.912. The second kappa shape index (κ2) is 13.7. The van der Waals surface area contributed by atoms with Gasteiger partial charge in [-0.25, -0.2) is 9.78 Å². The van der Waals surface area contributed by atoms with Crippen molar-refractivity contribution in [3.05, 3.63) is 70.6 Å². The van der Waals surface area contributed by atoms with Gasteiger partial charge in [-0.2, -0.15) is 0 Å². The lowest BCUT2D eigenvalue weighted by atomic mass is 9.94. The summed E-state index contributed by atoms with van der Waals surface area (Å²) in [7, 11) is 0. The summed E-state index contributed by atoms with van der Waals surface area (Å²) in [5.74, 6) is 0.190. The second-order valence-corrected chi connectivity index (χ2v) is 12.2. The Balaban J connectivity index is 1.38. The van der Waals surface area contributed by atoms with Gasteiger partial charge >= 0.3 is 6.09 Å². The van der Waals surface area contributed by atoms with E-state index in [1.54, 1.807) is 4.90 Å². The molecule has 0 aliphatic carbocycles. The molecule has 1 aliphatic heterocycles. The Morgan fingerprint density at radius 3 is 2.66 bits per heavy atom. The molecule has 2 unspecified atom stereocenters. The molecule has 3 atom stereocenters. The van der Waals surface area contributed by atoms with Crippen LogP contribution in [0.15, 0.2) is 48.7 Å². The maximum absolute atomic E-state index is 13.2. The van der Waals surface area contributed by atoms with Crippen LogP contribution in [0.4, 0.5) is 4.79 Å². The third-order valence-corrected chi connectivity index (χ3v) is 7.47. The van der Waals surface area contributed by atoms with Gasteiger partial charge in [0.25, 0.3) is 0 Å². The van der Waals surface area contributed by atoms with Gasteiger partial charge in [0.05, 0.1) is 17.8 Å². The number of benzene rings is 1. The summed E-state index contributed by atoms with van der Waals surface area (Å²) in [5.41, 5.74) is 2.55. The molecular weight excluding hydrogens is 542 g/mol. The Hall–Kier alpha value is -3.14. The zero-order chi connectivity index (χ0) is 29.6. The summed E-state index contributed by atoms with van der Waals surface area (Å²) < 4.78 is 7.20. The normalized spacial score (nSPS) is 17.3. The number of amides is 2. The third kappa shape index (κ3) is 8.67. The van der Waals surface area contributed by atoms with Gasteiger partial charge in [0.15, 0.2) is 0 Å². The molecule has 1 aromatic carbocycles. The number of likely N-dealkylation sites (tertiary alicyclic amines) is 1. The largest absolute Gasteiger partial charge is 0.444 e. The van der Waals surface area contributed by atoms with E-state index in [4.69, 9.17) is 16.3 Å². The van der Waals surface area contributed by atoms with Crippen LogP contribution in [0, 0.1) is 0 Å². The summed E-state index contributed by atoms with van der Waals surface area (Å²) in [6.07, 6.45) is 4.17. The first-order chi connectivity index (χ1) is 19.5. The van der Waals surface area contributed by atoms with Crippen LogP contribution in [0.1, 0.15) is 82.5 Å². The number of nitrogens with one attached hydrogen (secondary N) is 2. The van der Waals surface area contributed by atoms with E-state index in [1.165, 1.54) is 5.56 Å². The molecule has 10 heteroatoms. The average Bonchev–Trinajstić information content (AvgIpc) is 3.33. The monoisotopic (exact) mass is 583 g/mol. The van der Waals surface area contributed by atoms with E-state index in [1.807, 2.05) is 73.8 Å². The molecule has 3 N–H and O–H groups in total. The van der Waals surface area contributed by atoms with Gasteiger partial charge in [-0.3, -0.25) is 14.5 Å². The zero-order valence-electron chi connectivity index (χ0n) is 24.4. The van der Waals surface area contributed by atoms with Gasteiger partial charge in [0.2, 0.25) is 5.91 Å². The van der Waals surface area contributed by atoms with E-state index < -0.39 is 17.9 Å². The van der Waals surface area contributed by atoms with E-state index in [2.05, 4.69) is 22.5 Å². The Bertz CT molecular complexity index is 1320. The van der Waals surface area contributed by atoms with Crippen molar-refractivity contribution in [2.24, 2.45) is 0 Å². The Morgan fingerprint density at radius 2 is 1.95 bits per heavy atom. The first-order valence-corrected chi connectivity index (χ1v) is 14.8. The van der Waals surface area contributed by atoms with Crippen LogP contribution in [-0.4, -0.2) is 62.7 Å². The number of hydrogen-bond donors (Lipinski definition) is 3. The molecule has 3 heterocycles. The van der Waals surface area contributed by atoms with Gasteiger partial charge in [-0.15, -0.1) is 0 Å². The number of aromatic nitrogens is 2.